The Kier molecular flexibility index (Phi) is 8.40. The molecule has 8 nitrogen and oxygen atoms in total. The number of ether oxygens (including phenoxy) is 1. The third kappa shape index (κ3) is 6.52. The molecule has 2 amide bonds. The van der Waals surface area contributed by atoms with Crippen molar-refractivity contribution >= 4 is 11.8 Å². The van der Waals surface area contributed by atoms with Crippen LogP contribution in [0, 0.1) is 0 Å². The maximum absolute atomic E-state index is 12.7. The second-order valence-corrected chi connectivity index (χ2v) is 7.37. The number of nitrogens with one attached hydrogen (secondary N) is 1. The van der Waals surface area contributed by atoms with Crippen LogP contribution < -0.4 is 10.1 Å². The van der Waals surface area contributed by atoms with E-state index in [4.69, 9.17) is 4.74 Å². The molecule has 0 aliphatic carbocycles. The van der Waals surface area contributed by atoms with E-state index in [1.807, 2.05) is 59.5 Å². The van der Waals surface area contributed by atoms with Gasteiger partial charge in [0, 0.05) is 32.7 Å². The Hall–Kier alpha value is -2.94. The lowest BCUT2D eigenvalue weighted by molar-refractivity contribution is -0.139. The van der Waals surface area contributed by atoms with Crippen molar-refractivity contribution in [2.75, 3.05) is 39.4 Å². The summed E-state index contributed by atoms with van der Waals surface area (Å²) in [5.41, 5.74) is 0.975. The van der Waals surface area contributed by atoms with E-state index in [2.05, 4.69) is 5.32 Å². The van der Waals surface area contributed by atoms with Gasteiger partial charge in [0.25, 0.3) is 0 Å². The smallest absolute Gasteiger partial charge is 0.237 e. The van der Waals surface area contributed by atoms with Crippen molar-refractivity contribution < 1.29 is 24.5 Å². The Morgan fingerprint density at radius 1 is 1.06 bits per heavy atom. The molecule has 1 saturated heterocycles. The highest BCUT2D eigenvalue weighted by molar-refractivity contribution is 5.88. The van der Waals surface area contributed by atoms with Crippen molar-refractivity contribution in [1.29, 1.82) is 0 Å². The van der Waals surface area contributed by atoms with Crippen LogP contribution in [0.4, 0.5) is 0 Å². The van der Waals surface area contributed by atoms with E-state index in [0.29, 0.717) is 25.4 Å². The van der Waals surface area contributed by atoms with Crippen molar-refractivity contribution in [2.24, 2.45) is 0 Å². The Labute approximate surface area is 182 Å². The van der Waals surface area contributed by atoms with Crippen LogP contribution in [0.3, 0.4) is 0 Å². The maximum Gasteiger partial charge on any atom is 0.237 e. The number of amides is 2. The molecule has 2 aromatic carbocycles. The van der Waals surface area contributed by atoms with Crippen LogP contribution in [0.25, 0.3) is 0 Å². The van der Waals surface area contributed by atoms with Crippen LogP contribution in [0.2, 0.25) is 0 Å². The monoisotopic (exact) mass is 427 g/mol. The van der Waals surface area contributed by atoms with Crippen molar-refractivity contribution in [1.82, 2.24) is 15.1 Å². The molecule has 3 rings (SSSR count). The molecule has 1 fully saturated rings. The largest absolute Gasteiger partial charge is 0.457 e. The van der Waals surface area contributed by atoms with Crippen molar-refractivity contribution in [3.63, 3.8) is 0 Å². The summed E-state index contributed by atoms with van der Waals surface area (Å²) in [6.45, 7) is 1.51. The average molecular weight is 428 g/mol. The Bertz CT molecular complexity index is 855. The first kappa shape index (κ1) is 22.7. The van der Waals surface area contributed by atoms with Gasteiger partial charge in [-0.2, -0.15) is 0 Å². The third-order valence-electron chi connectivity index (χ3n) is 5.17. The highest BCUT2D eigenvalue weighted by atomic mass is 16.5. The van der Waals surface area contributed by atoms with E-state index in [0.717, 1.165) is 11.3 Å². The fourth-order valence-electron chi connectivity index (χ4n) is 3.64. The van der Waals surface area contributed by atoms with Gasteiger partial charge in [0.15, 0.2) is 0 Å². The van der Waals surface area contributed by atoms with Crippen molar-refractivity contribution in [3.05, 3.63) is 60.2 Å². The fraction of sp³-hybridized carbons (Fsp3) is 0.391. The van der Waals surface area contributed by atoms with Gasteiger partial charge in [0.2, 0.25) is 11.8 Å². The first-order valence-electron chi connectivity index (χ1n) is 10.4. The summed E-state index contributed by atoms with van der Waals surface area (Å²) in [5.74, 6) is 0.990. The molecule has 0 spiro atoms. The second kappa shape index (κ2) is 11.5. The molecule has 1 unspecified atom stereocenters. The minimum atomic E-state index is -0.611. The molecule has 0 saturated carbocycles. The van der Waals surface area contributed by atoms with Gasteiger partial charge in [-0.15, -0.1) is 0 Å². The van der Waals surface area contributed by atoms with Gasteiger partial charge >= 0.3 is 0 Å². The molecule has 1 aliphatic heterocycles. The molecule has 1 heterocycles. The van der Waals surface area contributed by atoms with Gasteiger partial charge in [-0.3, -0.25) is 14.5 Å². The minimum Gasteiger partial charge on any atom is -0.457 e. The standard InChI is InChI=1S/C23H29N3O5/c27-13-11-25(12-14-28)22(29)16-21-23(30)24-9-10-26(21)17-18-5-4-8-20(15-18)31-19-6-2-1-3-7-19/h1-8,15,21,27-28H,9-14,16-17H2,(H,24,30). The van der Waals surface area contributed by atoms with E-state index in [9.17, 15) is 19.8 Å². The molecular weight excluding hydrogens is 398 g/mol. The number of hydrogen-bond donors (Lipinski definition) is 3. The predicted octanol–water partition coefficient (Wildman–Crippen LogP) is 0.983. The van der Waals surface area contributed by atoms with Crippen LogP contribution in [-0.2, 0) is 16.1 Å². The van der Waals surface area contributed by atoms with Gasteiger partial charge in [-0.25, -0.2) is 0 Å². The number of rotatable bonds is 10. The number of nitrogens with zero attached hydrogens (tertiary/aromatic N) is 2. The highest BCUT2D eigenvalue weighted by Crippen LogP contribution is 2.23. The zero-order chi connectivity index (χ0) is 22.1. The first-order chi connectivity index (χ1) is 15.1. The maximum atomic E-state index is 12.7. The summed E-state index contributed by atoms with van der Waals surface area (Å²) in [6, 6.07) is 16.6. The molecule has 0 radical (unpaired) electrons. The van der Waals surface area contributed by atoms with E-state index >= 15 is 0 Å². The zero-order valence-electron chi connectivity index (χ0n) is 17.4. The van der Waals surface area contributed by atoms with Gasteiger partial charge in [0.1, 0.15) is 11.5 Å². The van der Waals surface area contributed by atoms with Crippen LogP contribution >= 0.6 is 0 Å². The molecule has 1 atom stereocenters. The van der Waals surface area contributed by atoms with Crippen LogP contribution in [0.5, 0.6) is 11.5 Å². The quantitative estimate of drug-likeness (QED) is 0.523. The molecule has 31 heavy (non-hydrogen) atoms. The summed E-state index contributed by atoms with van der Waals surface area (Å²) in [6.07, 6.45) is -0.00790. The van der Waals surface area contributed by atoms with E-state index in [1.54, 1.807) is 0 Å². The minimum absolute atomic E-state index is 0.00790. The topological polar surface area (TPSA) is 102 Å². The summed E-state index contributed by atoms with van der Waals surface area (Å²) in [7, 11) is 0. The third-order valence-corrected chi connectivity index (χ3v) is 5.17. The van der Waals surface area contributed by atoms with Crippen LogP contribution in [0.1, 0.15) is 12.0 Å². The van der Waals surface area contributed by atoms with Crippen LogP contribution in [0.15, 0.2) is 54.6 Å². The molecule has 2 aromatic rings. The number of hydrogen-bond acceptors (Lipinski definition) is 6. The van der Waals surface area contributed by atoms with Crippen LogP contribution in [-0.4, -0.2) is 77.3 Å². The number of carbonyl (C=O) groups excluding carboxylic acids is 2. The number of piperazine rings is 1. The number of para-hydroxylation sites is 1. The number of carbonyl (C=O) groups is 2. The SMILES string of the molecule is O=C1NCCN(Cc2cccc(Oc3ccccc3)c2)C1CC(=O)N(CCO)CCO. The number of aliphatic hydroxyl groups excluding tert-OH is 2. The lowest BCUT2D eigenvalue weighted by Crippen LogP contribution is -2.56. The molecule has 0 bridgehead atoms. The van der Waals surface area contributed by atoms with Crippen molar-refractivity contribution in [2.45, 2.75) is 19.0 Å². The zero-order valence-corrected chi connectivity index (χ0v) is 17.4. The van der Waals surface area contributed by atoms with E-state index in [-0.39, 0.29) is 44.5 Å². The molecule has 1 aliphatic rings. The molecule has 3 N–H and O–H groups in total. The number of benzene rings is 2. The summed E-state index contributed by atoms with van der Waals surface area (Å²) in [5, 5.41) is 21.2. The average Bonchev–Trinajstić information content (AvgIpc) is 2.77. The molecule has 0 aromatic heterocycles. The molecule has 166 valence electrons. The highest BCUT2D eigenvalue weighted by Gasteiger charge is 2.32. The normalized spacial score (nSPS) is 16.6. The second-order valence-electron chi connectivity index (χ2n) is 7.37. The summed E-state index contributed by atoms with van der Waals surface area (Å²) >= 11 is 0. The fourth-order valence-corrected chi connectivity index (χ4v) is 3.64. The molecule has 8 heteroatoms. The summed E-state index contributed by atoms with van der Waals surface area (Å²) < 4.78 is 5.90. The van der Waals surface area contributed by atoms with Gasteiger partial charge in [0.05, 0.1) is 25.7 Å². The van der Waals surface area contributed by atoms with Crippen molar-refractivity contribution in [3.8, 4) is 11.5 Å². The van der Waals surface area contributed by atoms with E-state index in [1.165, 1.54) is 4.90 Å². The lowest BCUT2D eigenvalue weighted by Gasteiger charge is -2.35. The van der Waals surface area contributed by atoms with Gasteiger partial charge < -0.3 is 25.2 Å². The lowest BCUT2D eigenvalue weighted by atomic mass is 10.1. The predicted molar refractivity (Wildman–Crippen MR) is 116 cm³/mol. The van der Waals surface area contributed by atoms with Gasteiger partial charge in [-0.1, -0.05) is 30.3 Å². The summed E-state index contributed by atoms with van der Waals surface area (Å²) in [4.78, 5) is 28.6. The Morgan fingerprint density at radius 3 is 2.48 bits per heavy atom. The van der Waals surface area contributed by atoms with Gasteiger partial charge in [-0.05, 0) is 29.8 Å². The number of aliphatic hydroxyl groups is 2. The Balaban J connectivity index is 1.69. The Morgan fingerprint density at radius 2 is 1.77 bits per heavy atom. The van der Waals surface area contributed by atoms with E-state index < -0.39 is 6.04 Å². The first-order valence-corrected chi connectivity index (χ1v) is 10.4. The molecular formula is C23H29N3O5.